The number of amides is 2. The first-order chi connectivity index (χ1) is 17.5. The molecule has 2 fully saturated rings. The van der Waals surface area contributed by atoms with Crippen molar-refractivity contribution in [1.29, 1.82) is 5.26 Å². The minimum Gasteiger partial charge on any atom is -0.322 e. The minimum absolute atomic E-state index is 0.00584. The number of carbonyl (C=O) groups is 1. The molecule has 2 aliphatic heterocycles. The van der Waals surface area contributed by atoms with Gasteiger partial charge in [0.25, 0.3) is 0 Å². The monoisotopic (exact) mass is 567 g/mol. The van der Waals surface area contributed by atoms with E-state index in [0.29, 0.717) is 48.3 Å². The van der Waals surface area contributed by atoms with Crippen LogP contribution in [0.3, 0.4) is 0 Å². The van der Waals surface area contributed by atoms with Crippen molar-refractivity contribution >= 4 is 39.3 Å². The lowest BCUT2D eigenvalue weighted by atomic mass is 9.93. The molecule has 0 aliphatic carbocycles. The summed E-state index contributed by atoms with van der Waals surface area (Å²) in [4.78, 5) is 19.0. The summed E-state index contributed by atoms with van der Waals surface area (Å²) >= 11 is 12.4. The van der Waals surface area contributed by atoms with Gasteiger partial charge in [-0.2, -0.15) is 9.57 Å². The van der Waals surface area contributed by atoms with Crippen LogP contribution >= 0.6 is 23.2 Å². The van der Waals surface area contributed by atoms with Gasteiger partial charge in [0.1, 0.15) is 11.9 Å². The molecule has 2 aromatic rings. The molecule has 0 radical (unpaired) electrons. The third-order valence-corrected chi connectivity index (χ3v) is 9.10. The Hall–Kier alpha value is -2.42. The van der Waals surface area contributed by atoms with E-state index in [1.807, 2.05) is 25.2 Å². The largest absolute Gasteiger partial charge is 0.322 e. The molecular formula is C25H28Cl2FN5O3S. The van der Waals surface area contributed by atoms with Crippen LogP contribution in [0.15, 0.2) is 36.4 Å². The number of carbonyl (C=O) groups excluding carboxylic acids is 1. The lowest BCUT2D eigenvalue weighted by molar-refractivity contribution is 0.138. The molecule has 0 saturated carbocycles. The fourth-order valence-corrected chi connectivity index (χ4v) is 6.16. The SMILES string of the molecule is CN(Cc1ccc(C#N)c(F)c1)C1CN(C(=O)N2CCN(S(C)(=O)=O)CC2)CC1c1ccc(Cl)c(Cl)c1. The van der Waals surface area contributed by atoms with Crippen LogP contribution in [0.2, 0.25) is 10.0 Å². The van der Waals surface area contributed by atoms with E-state index >= 15 is 0 Å². The standard InChI is InChI=1S/C25H28Cl2FN5O3S/c1-30(14-17-3-4-19(13-29)23(28)11-17)24-16-32(15-20(24)18-5-6-21(26)22(27)12-18)25(34)31-7-9-33(10-8-31)37(2,35)36/h3-6,11-12,20,24H,7-10,14-16H2,1-2H3. The molecule has 0 N–H and O–H groups in total. The first-order valence-electron chi connectivity index (χ1n) is 11.8. The maximum Gasteiger partial charge on any atom is 0.320 e. The molecular weight excluding hydrogens is 540 g/mol. The summed E-state index contributed by atoms with van der Waals surface area (Å²) in [6.45, 7) is 2.48. The second kappa shape index (κ2) is 11.1. The van der Waals surface area contributed by atoms with E-state index in [1.165, 1.54) is 22.7 Å². The summed E-state index contributed by atoms with van der Waals surface area (Å²) < 4.78 is 39.3. The van der Waals surface area contributed by atoms with Gasteiger partial charge in [0.2, 0.25) is 10.0 Å². The van der Waals surface area contributed by atoms with Gasteiger partial charge < -0.3 is 9.80 Å². The van der Waals surface area contributed by atoms with Crippen molar-refractivity contribution in [2.24, 2.45) is 0 Å². The maximum absolute atomic E-state index is 14.2. The van der Waals surface area contributed by atoms with Crippen molar-refractivity contribution in [2.75, 3.05) is 52.6 Å². The molecule has 0 bridgehead atoms. The highest BCUT2D eigenvalue weighted by atomic mass is 35.5. The fraction of sp³-hybridized carbons (Fsp3) is 0.440. The second-order valence-corrected chi connectivity index (χ2v) is 12.3. The first kappa shape index (κ1) is 27.6. The highest BCUT2D eigenvalue weighted by Gasteiger charge is 2.40. The first-order valence-corrected chi connectivity index (χ1v) is 14.4. The highest BCUT2D eigenvalue weighted by Crippen LogP contribution is 2.35. The molecule has 2 heterocycles. The molecule has 0 spiro atoms. The highest BCUT2D eigenvalue weighted by molar-refractivity contribution is 7.88. The average Bonchev–Trinajstić information content (AvgIpc) is 3.31. The average molecular weight is 569 g/mol. The number of likely N-dealkylation sites (N-methyl/N-ethyl adjacent to an activating group) is 1. The molecule has 2 atom stereocenters. The predicted molar refractivity (Wildman–Crippen MR) is 141 cm³/mol. The fourth-order valence-electron chi connectivity index (χ4n) is 5.02. The van der Waals surface area contributed by atoms with E-state index in [-0.39, 0.29) is 36.6 Å². The molecule has 4 rings (SSSR count). The van der Waals surface area contributed by atoms with Crippen molar-refractivity contribution in [2.45, 2.75) is 18.5 Å². The van der Waals surface area contributed by atoms with E-state index in [1.54, 1.807) is 21.9 Å². The van der Waals surface area contributed by atoms with Crippen LogP contribution in [0.25, 0.3) is 0 Å². The van der Waals surface area contributed by atoms with Crippen molar-refractivity contribution in [3.8, 4) is 6.07 Å². The van der Waals surface area contributed by atoms with Crippen molar-refractivity contribution in [3.05, 3.63) is 69.0 Å². The summed E-state index contributed by atoms with van der Waals surface area (Å²) in [5.41, 5.74) is 1.65. The molecule has 198 valence electrons. The topological polar surface area (TPSA) is 88.0 Å². The summed E-state index contributed by atoms with van der Waals surface area (Å²) in [7, 11) is -1.38. The summed E-state index contributed by atoms with van der Waals surface area (Å²) in [6.07, 6.45) is 1.17. The van der Waals surface area contributed by atoms with Gasteiger partial charge in [-0.25, -0.2) is 17.6 Å². The number of urea groups is 1. The lowest BCUT2D eigenvalue weighted by Gasteiger charge is -2.35. The zero-order chi connectivity index (χ0) is 26.9. The van der Waals surface area contributed by atoms with Crippen molar-refractivity contribution in [1.82, 2.24) is 19.0 Å². The molecule has 2 unspecified atom stereocenters. The van der Waals surface area contributed by atoms with Gasteiger partial charge in [-0.05, 0) is 42.4 Å². The van der Waals surface area contributed by atoms with Gasteiger partial charge in [0.05, 0.1) is 21.9 Å². The smallest absolute Gasteiger partial charge is 0.320 e. The normalized spacial score (nSPS) is 20.9. The van der Waals surface area contributed by atoms with Crippen LogP contribution in [-0.4, -0.2) is 92.1 Å². The Morgan fingerprint density at radius 3 is 2.38 bits per heavy atom. The third-order valence-electron chi connectivity index (χ3n) is 7.06. The molecule has 12 heteroatoms. The minimum atomic E-state index is -3.30. The predicted octanol–water partition coefficient (Wildman–Crippen LogP) is 3.60. The van der Waals surface area contributed by atoms with Gasteiger partial charge in [-0.15, -0.1) is 0 Å². The summed E-state index contributed by atoms with van der Waals surface area (Å²) in [5, 5.41) is 9.88. The number of hydrogen-bond acceptors (Lipinski definition) is 5. The number of rotatable bonds is 5. The lowest BCUT2D eigenvalue weighted by Crippen LogP contribution is -2.53. The number of hydrogen-bond donors (Lipinski definition) is 0. The Morgan fingerprint density at radius 1 is 1.08 bits per heavy atom. The molecule has 0 aromatic heterocycles. The van der Waals surface area contributed by atoms with E-state index in [2.05, 4.69) is 4.90 Å². The molecule has 2 aromatic carbocycles. The van der Waals surface area contributed by atoms with E-state index in [0.717, 1.165) is 5.56 Å². The van der Waals surface area contributed by atoms with E-state index < -0.39 is 15.8 Å². The third kappa shape index (κ3) is 6.19. The van der Waals surface area contributed by atoms with Gasteiger partial charge in [0.15, 0.2) is 0 Å². The maximum atomic E-state index is 14.2. The number of likely N-dealkylation sites (tertiary alicyclic amines) is 1. The number of nitriles is 1. The van der Waals surface area contributed by atoms with Gasteiger partial charge in [-0.1, -0.05) is 35.3 Å². The van der Waals surface area contributed by atoms with Crippen LogP contribution in [0.5, 0.6) is 0 Å². The van der Waals surface area contributed by atoms with E-state index in [9.17, 15) is 17.6 Å². The summed E-state index contributed by atoms with van der Waals surface area (Å²) in [6, 6.07) is 11.6. The number of nitrogens with zero attached hydrogens (tertiary/aromatic N) is 5. The number of piperazine rings is 1. The Labute approximate surface area is 226 Å². The zero-order valence-electron chi connectivity index (χ0n) is 20.6. The van der Waals surface area contributed by atoms with Crippen LogP contribution in [0, 0.1) is 17.1 Å². The summed E-state index contributed by atoms with van der Waals surface area (Å²) in [5.74, 6) is -0.643. The number of halogens is 3. The van der Waals surface area contributed by atoms with Crippen molar-refractivity contribution < 1.29 is 17.6 Å². The molecule has 37 heavy (non-hydrogen) atoms. The Balaban J connectivity index is 1.54. The van der Waals surface area contributed by atoms with Gasteiger partial charge >= 0.3 is 6.03 Å². The number of benzene rings is 2. The van der Waals surface area contributed by atoms with Crippen LogP contribution in [-0.2, 0) is 16.6 Å². The van der Waals surface area contributed by atoms with Gasteiger partial charge in [0, 0.05) is 57.8 Å². The molecule has 8 nitrogen and oxygen atoms in total. The molecule has 2 amide bonds. The second-order valence-electron chi connectivity index (χ2n) is 9.53. The number of sulfonamides is 1. The molecule has 2 saturated heterocycles. The Morgan fingerprint density at radius 2 is 1.78 bits per heavy atom. The zero-order valence-corrected chi connectivity index (χ0v) is 22.9. The quantitative estimate of drug-likeness (QED) is 0.550. The van der Waals surface area contributed by atoms with Crippen LogP contribution < -0.4 is 0 Å². The van der Waals surface area contributed by atoms with Gasteiger partial charge in [-0.3, -0.25) is 4.90 Å². The Kier molecular flexibility index (Phi) is 8.31. The van der Waals surface area contributed by atoms with E-state index in [4.69, 9.17) is 28.5 Å². The van der Waals surface area contributed by atoms with Crippen molar-refractivity contribution in [3.63, 3.8) is 0 Å². The Bertz CT molecular complexity index is 1330. The van der Waals surface area contributed by atoms with Crippen LogP contribution in [0.1, 0.15) is 22.6 Å². The molecule has 2 aliphatic rings. The van der Waals surface area contributed by atoms with Crippen LogP contribution in [0.4, 0.5) is 9.18 Å².